The van der Waals surface area contributed by atoms with Gasteiger partial charge in [0.1, 0.15) is 12.4 Å². The predicted molar refractivity (Wildman–Crippen MR) is 112 cm³/mol. The molecule has 29 heavy (non-hydrogen) atoms. The van der Waals surface area contributed by atoms with Crippen LogP contribution in [0.5, 0.6) is 5.75 Å². The van der Waals surface area contributed by atoms with Crippen molar-refractivity contribution in [3.05, 3.63) is 63.6 Å². The summed E-state index contributed by atoms with van der Waals surface area (Å²) in [4.78, 5) is 24.3. The molecule has 0 aromatic heterocycles. The van der Waals surface area contributed by atoms with Gasteiger partial charge in [0.25, 0.3) is 11.8 Å². The highest BCUT2D eigenvalue weighted by Crippen LogP contribution is 2.22. The fourth-order valence-electron chi connectivity index (χ4n) is 2.86. The fourth-order valence-corrected chi connectivity index (χ4v) is 3.16. The molecule has 0 saturated carbocycles. The molecule has 2 amide bonds. The normalized spacial score (nSPS) is 15.7. The lowest BCUT2D eigenvalue weighted by Gasteiger charge is -2.12. The molecule has 1 saturated heterocycles. The minimum absolute atomic E-state index is 0.150. The van der Waals surface area contributed by atoms with Gasteiger partial charge in [0.15, 0.2) is 0 Å². The van der Waals surface area contributed by atoms with Gasteiger partial charge >= 0.3 is 0 Å². The molecule has 154 valence electrons. The van der Waals surface area contributed by atoms with E-state index in [0.717, 1.165) is 19.4 Å². The molecule has 2 N–H and O–H groups in total. The lowest BCUT2D eigenvalue weighted by atomic mass is 10.2. The first kappa shape index (κ1) is 21.4. The Kier molecular flexibility index (Phi) is 7.75. The monoisotopic (exact) mass is 436 g/mol. The van der Waals surface area contributed by atoms with Gasteiger partial charge in [-0.15, -0.1) is 0 Å². The van der Waals surface area contributed by atoms with E-state index in [1.807, 2.05) is 0 Å². The Morgan fingerprint density at radius 2 is 1.62 bits per heavy atom. The Hall–Kier alpha value is -2.28. The summed E-state index contributed by atoms with van der Waals surface area (Å²) < 4.78 is 11.2. The number of halogens is 2. The number of carbonyl (C=O) groups excluding carboxylic acids is 2. The first-order valence-corrected chi connectivity index (χ1v) is 10.1. The minimum atomic E-state index is -0.287. The highest BCUT2D eigenvalue weighted by Gasteiger charge is 2.16. The van der Waals surface area contributed by atoms with E-state index in [1.54, 1.807) is 36.4 Å². The van der Waals surface area contributed by atoms with Crippen LogP contribution in [0.4, 0.5) is 0 Å². The Morgan fingerprint density at radius 1 is 0.966 bits per heavy atom. The summed E-state index contributed by atoms with van der Waals surface area (Å²) in [6.45, 7) is 1.89. The highest BCUT2D eigenvalue weighted by molar-refractivity contribution is 6.42. The molecule has 2 aromatic carbocycles. The number of benzene rings is 2. The molecule has 0 bridgehead atoms. The average molecular weight is 437 g/mol. The van der Waals surface area contributed by atoms with Crippen LogP contribution in [-0.4, -0.2) is 44.2 Å². The molecule has 0 spiro atoms. The van der Waals surface area contributed by atoms with Crippen molar-refractivity contribution >= 4 is 35.0 Å². The average Bonchev–Trinajstić information content (AvgIpc) is 3.25. The van der Waals surface area contributed by atoms with E-state index in [0.29, 0.717) is 40.1 Å². The largest absolute Gasteiger partial charge is 0.491 e. The van der Waals surface area contributed by atoms with Crippen LogP contribution < -0.4 is 15.4 Å². The van der Waals surface area contributed by atoms with Crippen molar-refractivity contribution in [2.75, 3.05) is 26.3 Å². The van der Waals surface area contributed by atoms with E-state index in [2.05, 4.69) is 10.6 Å². The van der Waals surface area contributed by atoms with Crippen molar-refractivity contribution in [2.45, 2.75) is 18.9 Å². The van der Waals surface area contributed by atoms with Crippen LogP contribution in [0, 0.1) is 0 Å². The van der Waals surface area contributed by atoms with Crippen LogP contribution >= 0.6 is 23.2 Å². The zero-order valence-corrected chi connectivity index (χ0v) is 17.3. The van der Waals surface area contributed by atoms with Crippen LogP contribution in [0.1, 0.15) is 33.6 Å². The summed E-state index contributed by atoms with van der Waals surface area (Å²) in [6, 6.07) is 11.6. The number of rotatable bonds is 8. The molecule has 8 heteroatoms. The number of amides is 2. The second-order valence-electron chi connectivity index (χ2n) is 6.61. The number of nitrogens with one attached hydrogen (secondary N) is 2. The molecule has 0 radical (unpaired) electrons. The molecule has 1 unspecified atom stereocenters. The van der Waals surface area contributed by atoms with Gasteiger partial charge in [0.2, 0.25) is 0 Å². The molecule has 1 fully saturated rings. The molecule has 3 rings (SSSR count). The van der Waals surface area contributed by atoms with E-state index in [1.165, 1.54) is 6.07 Å². The molecule has 2 aromatic rings. The third kappa shape index (κ3) is 6.35. The third-order valence-electron chi connectivity index (χ3n) is 4.45. The molecule has 1 heterocycles. The van der Waals surface area contributed by atoms with Crippen LogP contribution in [-0.2, 0) is 4.74 Å². The Balaban J connectivity index is 1.38. The van der Waals surface area contributed by atoms with Gasteiger partial charge in [-0.2, -0.15) is 0 Å². The van der Waals surface area contributed by atoms with E-state index in [4.69, 9.17) is 32.7 Å². The van der Waals surface area contributed by atoms with Gasteiger partial charge in [-0.05, 0) is 55.3 Å². The lowest BCUT2D eigenvalue weighted by molar-refractivity contribution is 0.0679. The smallest absolute Gasteiger partial charge is 0.251 e. The first-order valence-electron chi connectivity index (χ1n) is 9.39. The summed E-state index contributed by atoms with van der Waals surface area (Å²) in [5, 5.41) is 6.18. The van der Waals surface area contributed by atoms with Crippen molar-refractivity contribution in [1.29, 1.82) is 0 Å². The van der Waals surface area contributed by atoms with Gasteiger partial charge in [-0.25, -0.2) is 0 Å². The van der Waals surface area contributed by atoms with E-state index < -0.39 is 0 Å². The van der Waals surface area contributed by atoms with Crippen LogP contribution in [0.15, 0.2) is 42.5 Å². The maximum absolute atomic E-state index is 12.2. The predicted octanol–water partition coefficient (Wildman–Crippen LogP) is 3.71. The molecule has 1 aliphatic rings. The summed E-state index contributed by atoms with van der Waals surface area (Å²) in [5.74, 6) is 0.191. The maximum atomic E-state index is 12.2. The molecule has 1 atom stereocenters. The van der Waals surface area contributed by atoms with Crippen molar-refractivity contribution in [2.24, 2.45) is 0 Å². The number of hydrogen-bond acceptors (Lipinski definition) is 4. The topological polar surface area (TPSA) is 76.7 Å². The van der Waals surface area contributed by atoms with Crippen molar-refractivity contribution in [3.63, 3.8) is 0 Å². The van der Waals surface area contributed by atoms with E-state index in [9.17, 15) is 9.59 Å². The van der Waals surface area contributed by atoms with Crippen molar-refractivity contribution in [1.82, 2.24) is 10.6 Å². The second kappa shape index (κ2) is 10.5. The lowest BCUT2D eigenvalue weighted by Crippen LogP contribution is -2.34. The SMILES string of the molecule is O=C(NCCNC(=O)c1ccc(Cl)c(Cl)c1)c1ccc(OCC2CCCO2)cc1. The van der Waals surface area contributed by atoms with E-state index >= 15 is 0 Å². The quantitative estimate of drug-likeness (QED) is 0.618. The van der Waals surface area contributed by atoms with Gasteiger partial charge < -0.3 is 20.1 Å². The fraction of sp³-hybridized carbons (Fsp3) is 0.333. The number of ether oxygens (including phenoxy) is 2. The van der Waals surface area contributed by atoms with Crippen molar-refractivity contribution in [3.8, 4) is 5.75 Å². The highest BCUT2D eigenvalue weighted by atomic mass is 35.5. The zero-order chi connectivity index (χ0) is 20.6. The summed E-state index contributed by atoms with van der Waals surface area (Å²) >= 11 is 11.7. The first-order chi connectivity index (χ1) is 14.0. The maximum Gasteiger partial charge on any atom is 0.251 e. The van der Waals surface area contributed by atoms with Crippen LogP contribution in [0.3, 0.4) is 0 Å². The van der Waals surface area contributed by atoms with Crippen LogP contribution in [0.25, 0.3) is 0 Å². The standard InChI is InChI=1S/C21H22Cl2N2O4/c22-18-8-5-15(12-19(18)23)21(27)25-10-9-24-20(26)14-3-6-16(7-4-14)29-13-17-2-1-11-28-17/h3-8,12,17H,1-2,9-11,13H2,(H,24,26)(H,25,27). The number of carbonyl (C=O) groups is 2. The molecular weight excluding hydrogens is 415 g/mol. The minimum Gasteiger partial charge on any atom is -0.491 e. The number of hydrogen-bond donors (Lipinski definition) is 2. The zero-order valence-electron chi connectivity index (χ0n) is 15.8. The van der Waals surface area contributed by atoms with Crippen LogP contribution in [0.2, 0.25) is 10.0 Å². The van der Waals surface area contributed by atoms with Gasteiger partial charge in [-0.3, -0.25) is 9.59 Å². The molecular formula is C21H22Cl2N2O4. The molecule has 6 nitrogen and oxygen atoms in total. The van der Waals surface area contributed by atoms with E-state index in [-0.39, 0.29) is 24.5 Å². The van der Waals surface area contributed by atoms with Gasteiger partial charge in [-0.1, -0.05) is 23.2 Å². The Labute approximate surface area is 179 Å². The molecule has 1 aliphatic heterocycles. The van der Waals surface area contributed by atoms with Gasteiger partial charge in [0, 0.05) is 30.8 Å². The summed E-state index contributed by atoms with van der Waals surface area (Å²) in [7, 11) is 0. The summed E-state index contributed by atoms with van der Waals surface area (Å²) in [5.41, 5.74) is 0.926. The Morgan fingerprint density at radius 3 is 2.24 bits per heavy atom. The second-order valence-corrected chi connectivity index (χ2v) is 7.43. The van der Waals surface area contributed by atoms with Gasteiger partial charge in [0.05, 0.1) is 16.1 Å². The van der Waals surface area contributed by atoms with Crippen molar-refractivity contribution < 1.29 is 19.1 Å². The summed E-state index contributed by atoms with van der Waals surface area (Å²) in [6.07, 6.45) is 2.24. The molecule has 0 aliphatic carbocycles. The Bertz CT molecular complexity index is 852. The third-order valence-corrected chi connectivity index (χ3v) is 5.19.